The van der Waals surface area contributed by atoms with Crippen LogP contribution >= 0.6 is 0 Å². The molecule has 0 aliphatic rings. The van der Waals surface area contributed by atoms with E-state index in [-0.39, 0.29) is 11.2 Å². The number of carbonyl (C=O) groups is 1. The van der Waals surface area contributed by atoms with E-state index in [4.69, 9.17) is 9.72 Å². The van der Waals surface area contributed by atoms with E-state index in [0.717, 1.165) is 22.3 Å². The fourth-order valence-electron chi connectivity index (χ4n) is 4.00. The molecule has 4 rings (SSSR count). The molecule has 3 nitrogen and oxygen atoms in total. The van der Waals surface area contributed by atoms with Gasteiger partial charge in [-0.3, -0.25) is 9.78 Å². The number of pyridine rings is 1. The summed E-state index contributed by atoms with van der Waals surface area (Å²) < 4.78 is 5.19. The molecule has 0 fully saturated rings. The molecule has 158 valence electrons. The van der Waals surface area contributed by atoms with Gasteiger partial charge in [0, 0.05) is 28.5 Å². The van der Waals surface area contributed by atoms with Gasteiger partial charge in [0.2, 0.25) is 0 Å². The van der Waals surface area contributed by atoms with Gasteiger partial charge >= 0.3 is 0 Å². The number of rotatable bonds is 5. The summed E-state index contributed by atoms with van der Waals surface area (Å²) in [7, 11) is 1.63. The van der Waals surface area contributed by atoms with Gasteiger partial charge in [0.25, 0.3) is 0 Å². The number of aromatic nitrogens is 1. The van der Waals surface area contributed by atoms with Gasteiger partial charge in [-0.15, -0.1) is 0 Å². The van der Waals surface area contributed by atoms with Crippen molar-refractivity contribution in [3.05, 3.63) is 83.0 Å². The Morgan fingerprint density at radius 2 is 1.65 bits per heavy atom. The van der Waals surface area contributed by atoms with E-state index in [2.05, 4.69) is 64.1 Å². The van der Waals surface area contributed by atoms with E-state index >= 15 is 0 Å². The maximum atomic E-state index is 12.8. The fraction of sp³-hybridized carbons (Fsp3) is 0.286. The normalized spacial score (nSPS) is 11.8. The summed E-state index contributed by atoms with van der Waals surface area (Å²) in [6.07, 6.45) is 1.03. The quantitative estimate of drug-likeness (QED) is 0.267. The summed E-state index contributed by atoms with van der Waals surface area (Å²) in [6, 6.07) is 20.4. The first-order valence-corrected chi connectivity index (χ1v) is 10.8. The second-order valence-electron chi connectivity index (χ2n) is 9.24. The Labute approximate surface area is 184 Å². The molecular formula is C28H29NO2. The van der Waals surface area contributed by atoms with Crippen LogP contribution in [0.15, 0.2) is 60.7 Å². The zero-order valence-electron chi connectivity index (χ0n) is 19.0. The monoisotopic (exact) mass is 411 g/mol. The van der Waals surface area contributed by atoms with Gasteiger partial charge in [0.1, 0.15) is 5.75 Å². The Balaban J connectivity index is 1.75. The van der Waals surface area contributed by atoms with Crippen LogP contribution in [0.4, 0.5) is 0 Å². The van der Waals surface area contributed by atoms with Gasteiger partial charge in [0.15, 0.2) is 5.78 Å². The number of hydrogen-bond acceptors (Lipinski definition) is 3. The molecule has 1 aromatic heterocycles. The minimum absolute atomic E-state index is 0.0476. The molecule has 0 saturated heterocycles. The molecule has 3 heteroatoms. The summed E-state index contributed by atoms with van der Waals surface area (Å²) in [5.41, 5.74) is 5.21. The molecular weight excluding hydrogens is 382 g/mol. The highest BCUT2D eigenvalue weighted by Gasteiger charge is 2.17. The van der Waals surface area contributed by atoms with Gasteiger partial charge in [-0.25, -0.2) is 0 Å². The number of ether oxygens (including phenoxy) is 1. The highest BCUT2D eigenvalue weighted by atomic mass is 16.5. The predicted molar refractivity (Wildman–Crippen MR) is 128 cm³/mol. The molecule has 0 unspecified atom stereocenters. The first-order valence-electron chi connectivity index (χ1n) is 10.8. The lowest BCUT2D eigenvalue weighted by molar-refractivity contribution is 0.0982. The largest absolute Gasteiger partial charge is 0.497 e. The SMILES string of the molecule is COc1ccc(C(=O)CCc2nc3ccc(C)cc3c3ccc(C(C)(C)C)cc23)cc1. The zero-order valence-corrected chi connectivity index (χ0v) is 19.0. The Hall–Kier alpha value is -3.20. The van der Waals surface area contributed by atoms with Crippen molar-refractivity contribution in [3.8, 4) is 5.75 Å². The third-order valence-corrected chi connectivity index (χ3v) is 5.89. The maximum absolute atomic E-state index is 12.8. The van der Waals surface area contributed by atoms with E-state index in [1.54, 1.807) is 7.11 Å². The van der Waals surface area contributed by atoms with Crippen LogP contribution in [0.3, 0.4) is 0 Å². The summed E-state index contributed by atoms with van der Waals surface area (Å²) >= 11 is 0. The van der Waals surface area contributed by atoms with Crippen molar-refractivity contribution in [3.63, 3.8) is 0 Å². The molecule has 0 N–H and O–H groups in total. The Bertz CT molecular complexity index is 1260. The number of carbonyl (C=O) groups excluding carboxylic acids is 1. The molecule has 3 aromatic carbocycles. The van der Waals surface area contributed by atoms with E-state index in [9.17, 15) is 4.79 Å². The van der Waals surface area contributed by atoms with Crippen LogP contribution in [-0.4, -0.2) is 17.9 Å². The lowest BCUT2D eigenvalue weighted by Gasteiger charge is -2.20. The van der Waals surface area contributed by atoms with E-state index in [1.807, 2.05) is 24.3 Å². The minimum Gasteiger partial charge on any atom is -0.497 e. The molecule has 0 radical (unpaired) electrons. The van der Waals surface area contributed by atoms with Crippen molar-refractivity contribution in [1.29, 1.82) is 0 Å². The topological polar surface area (TPSA) is 39.2 Å². The van der Waals surface area contributed by atoms with Gasteiger partial charge < -0.3 is 4.74 Å². The second-order valence-corrected chi connectivity index (χ2v) is 9.24. The number of aryl methyl sites for hydroxylation is 2. The van der Waals surface area contributed by atoms with Crippen LogP contribution < -0.4 is 4.74 Å². The van der Waals surface area contributed by atoms with Crippen LogP contribution in [0.25, 0.3) is 21.7 Å². The maximum Gasteiger partial charge on any atom is 0.163 e. The van der Waals surface area contributed by atoms with Gasteiger partial charge in [0.05, 0.1) is 12.6 Å². The van der Waals surface area contributed by atoms with Crippen molar-refractivity contribution >= 4 is 27.5 Å². The van der Waals surface area contributed by atoms with E-state index < -0.39 is 0 Å². The number of ketones is 1. The molecule has 4 aromatic rings. The van der Waals surface area contributed by atoms with Crippen molar-refractivity contribution in [1.82, 2.24) is 4.98 Å². The highest BCUT2D eigenvalue weighted by Crippen LogP contribution is 2.32. The van der Waals surface area contributed by atoms with Gasteiger partial charge in [-0.1, -0.05) is 44.5 Å². The van der Waals surface area contributed by atoms with E-state index in [1.165, 1.54) is 21.9 Å². The van der Waals surface area contributed by atoms with E-state index in [0.29, 0.717) is 18.4 Å². The standard InChI is InChI=1S/C28H29NO2/c1-18-6-13-25-23(16-18)22-12-9-20(28(2,3)4)17-24(22)26(29-25)14-15-27(30)19-7-10-21(31-5)11-8-19/h6-13,16-17H,14-15H2,1-5H3. The van der Waals surface area contributed by atoms with Crippen LogP contribution in [0.2, 0.25) is 0 Å². The molecule has 0 aliphatic heterocycles. The third-order valence-electron chi connectivity index (χ3n) is 5.89. The minimum atomic E-state index is 0.0476. The number of methoxy groups -OCH3 is 1. The van der Waals surface area contributed by atoms with Crippen molar-refractivity contribution in [2.75, 3.05) is 7.11 Å². The van der Waals surface area contributed by atoms with Crippen LogP contribution in [0.5, 0.6) is 5.75 Å². The van der Waals surface area contributed by atoms with Gasteiger partial charge in [-0.2, -0.15) is 0 Å². The molecule has 0 saturated carbocycles. The molecule has 0 bridgehead atoms. The number of hydrogen-bond donors (Lipinski definition) is 0. The Morgan fingerprint density at radius 1 is 0.903 bits per heavy atom. The number of nitrogens with zero attached hydrogens (tertiary/aromatic N) is 1. The van der Waals surface area contributed by atoms with Crippen LogP contribution in [0, 0.1) is 6.92 Å². The Morgan fingerprint density at radius 3 is 2.32 bits per heavy atom. The van der Waals surface area contributed by atoms with Crippen LogP contribution in [-0.2, 0) is 11.8 Å². The lowest BCUT2D eigenvalue weighted by Crippen LogP contribution is -2.11. The van der Waals surface area contributed by atoms with Gasteiger partial charge in [-0.05, 0) is 72.2 Å². The highest BCUT2D eigenvalue weighted by molar-refractivity contribution is 6.07. The van der Waals surface area contributed by atoms with Crippen LogP contribution in [0.1, 0.15) is 54.4 Å². The molecule has 0 atom stereocenters. The lowest BCUT2D eigenvalue weighted by atomic mass is 9.85. The molecule has 0 spiro atoms. The van der Waals surface area contributed by atoms with Crippen molar-refractivity contribution in [2.24, 2.45) is 0 Å². The number of fused-ring (bicyclic) bond motifs is 3. The summed E-state index contributed by atoms with van der Waals surface area (Å²) in [5.74, 6) is 0.873. The second kappa shape index (κ2) is 8.14. The Kier molecular flexibility index (Phi) is 5.53. The van der Waals surface area contributed by atoms with Crippen molar-refractivity contribution in [2.45, 2.75) is 46.0 Å². The number of Topliss-reactive ketones (excluding diaryl/α,β-unsaturated/α-hetero) is 1. The molecule has 1 heterocycles. The molecule has 0 aliphatic carbocycles. The fourth-order valence-corrected chi connectivity index (χ4v) is 4.00. The summed E-state index contributed by atoms with van der Waals surface area (Å²) in [6.45, 7) is 8.77. The average molecular weight is 412 g/mol. The number of benzene rings is 3. The van der Waals surface area contributed by atoms with Crippen molar-refractivity contribution < 1.29 is 9.53 Å². The first-order chi connectivity index (χ1) is 14.8. The predicted octanol–water partition coefficient (Wildman–Crippen LogP) is 6.82. The first kappa shape index (κ1) is 21.0. The molecule has 0 amide bonds. The molecule has 31 heavy (non-hydrogen) atoms. The zero-order chi connectivity index (χ0) is 22.2. The summed E-state index contributed by atoms with van der Waals surface area (Å²) in [5, 5.41) is 3.52. The summed E-state index contributed by atoms with van der Waals surface area (Å²) in [4.78, 5) is 17.8. The average Bonchev–Trinajstić information content (AvgIpc) is 2.76. The third kappa shape index (κ3) is 4.32. The smallest absolute Gasteiger partial charge is 0.163 e.